The van der Waals surface area contributed by atoms with E-state index in [1.54, 1.807) is 0 Å². The second kappa shape index (κ2) is 6.08. The van der Waals surface area contributed by atoms with Crippen LogP contribution in [0, 0.1) is 0 Å². The highest BCUT2D eigenvalue weighted by Gasteiger charge is 2.45. The van der Waals surface area contributed by atoms with Crippen LogP contribution in [0.1, 0.15) is 46.5 Å². The van der Waals surface area contributed by atoms with Gasteiger partial charge in [-0.05, 0) is 53.0 Å². The zero-order valence-corrected chi connectivity index (χ0v) is 12.8. The van der Waals surface area contributed by atoms with Crippen molar-refractivity contribution >= 4 is 0 Å². The van der Waals surface area contributed by atoms with E-state index in [0.717, 1.165) is 45.7 Å². The van der Waals surface area contributed by atoms with Gasteiger partial charge < -0.3 is 15.2 Å². The summed E-state index contributed by atoms with van der Waals surface area (Å²) in [6, 6.07) is 0. The van der Waals surface area contributed by atoms with E-state index in [4.69, 9.17) is 15.2 Å². The lowest BCUT2D eigenvalue weighted by Crippen LogP contribution is -2.63. The zero-order valence-electron chi connectivity index (χ0n) is 12.8. The van der Waals surface area contributed by atoms with Gasteiger partial charge in [-0.3, -0.25) is 4.90 Å². The SMILES string of the molecule is CCOC1CCCN(C2(CN)CCOC(C)(C)C2)C1. The van der Waals surface area contributed by atoms with Gasteiger partial charge in [0.1, 0.15) is 0 Å². The van der Waals surface area contributed by atoms with E-state index in [1.807, 2.05) is 0 Å². The summed E-state index contributed by atoms with van der Waals surface area (Å²) in [7, 11) is 0. The van der Waals surface area contributed by atoms with Crippen LogP contribution in [-0.2, 0) is 9.47 Å². The Morgan fingerprint density at radius 3 is 2.84 bits per heavy atom. The molecule has 0 bridgehead atoms. The lowest BCUT2D eigenvalue weighted by Gasteiger charge is -2.52. The van der Waals surface area contributed by atoms with Crippen molar-refractivity contribution in [3.8, 4) is 0 Å². The number of ether oxygens (including phenoxy) is 2. The molecule has 0 radical (unpaired) electrons. The molecule has 2 saturated heterocycles. The van der Waals surface area contributed by atoms with Crippen molar-refractivity contribution in [2.75, 3.05) is 32.8 Å². The Kier molecular flexibility index (Phi) is 4.88. The minimum absolute atomic E-state index is 0.0593. The second-order valence-electron chi connectivity index (χ2n) is 6.63. The lowest BCUT2D eigenvalue weighted by molar-refractivity contribution is -0.132. The van der Waals surface area contributed by atoms with Gasteiger partial charge in [-0.2, -0.15) is 0 Å². The second-order valence-corrected chi connectivity index (χ2v) is 6.63. The molecule has 2 fully saturated rings. The summed E-state index contributed by atoms with van der Waals surface area (Å²) in [5.74, 6) is 0. The highest BCUT2D eigenvalue weighted by molar-refractivity contribution is 5.01. The molecule has 4 nitrogen and oxygen atoms in total. The van der Waals surface area contributed by atoms with E-state index in [-0.39, 0.29) is 11.1 Å². The van der Waals surface area contributed by atoms with Gasteiger partial charge in [-0.25, -0.2) is 0 Å². The minimum atomic E-state index is -0.0593. The Balaban J connectivity index is 2.07. The first-order valence-electron chi connectivity index (χ1n) is 7.72. The number of hydrogen-bond acceptors (Lipinski definition) is 4. The first kappa shape index (κ1) is 15.2. The smallest absolute Gasteiger partial charge is 0.0702 e. The molecule has 2 unspecified atom stereocenters. The van der Waals surface area contributed by atoms with Gasteiger partial charge in [0.2, 0.25) is 0 Å². The number of rotatable bonds is 4. The molecule has 0 saturated carbocycles. The molecule has 112 valence electrons. The first-order valence-corrected chi connectivity index (χ1v) is 7.72. The summed E-state index contributed by atoms with van der Waals surface area (Å²) in [4.78, 5) is 2.58. The standard InChI is InChI=1S/C15H30N2O2/c1-4-18-13-6-5-8-17(10-13)15(12-16)7-9-19-14(2,3)11-15/h13H,4-12,16H2,1-3H3. The van der Waals surface area contributed by atoms with Crippen molar-refractivity contribution in [2.24, 2.45) is 5.73 Å². The Labute approximate surface area is 117 Å². The van der Waals surface area contributed by atoms with Crippen molar-refractivity contribution in [1.82, 2.24) is 4.90 Å². The monoisotopic (exact) mass is 270 g/mol. The summed E-state index contributed by atoms with van der Waals surface area (Å²) < 4.78 is 11.7. The summed E-state index contributed by atoms with van der Waals surface area (Å²) in [6.07, 6.45) is 4.85. The average Bonchev–Trinajstić information content (AvgIpc) is 2.38. The number of nitrogens with zero attached hydrogens (tertiary/aromatic N) is 1. The molecule has 2 rings (SSSR count). The predicted octanol–water partition coefficient (Wildman–Crippen LogP) is 1.77. The maximum atomic E-state index is 6.17. The normalized spacial score (nSPS) is 36.3. The van der Waals surface area contributed by atoms with Crippen molar-refractivity contribution in [3.63, 3.8) is 0 Å². The van der Waals surface area contributed by atoms with Crippen LogP contribution in [0.4, 0.5) is 0 Å². The van der Waals surface area contributed by atoms with Crippen molar-refractivity contribution in [2.45, 2.75) is 63.7 Å². The predicted molar refractivity (Wildman–Crippen MR) is 77.3 cm³/mol. The van der Waals surface area contributed by atoms with Gasteiger partial charge >= 0.3 is 0 Å². The molecule has 19 heavy (non-hydrogen) atoms. The van der Waals surface area contributed by atoms with Gasteiger partial charge in [-0.15, -0.1) is 0 Å². The third kappa shape index (κ3) is 3.48. The molecule has 0 aliphatic carbocycles. The van der Waals surface area contributed by atoms with E-state index in [9.17, 15) is 0 Å². The molecule has 0 amide bonds. The molecule has 0 aromatic carbocycles. The van der Waals surface area contributed by atoms with E-state index < -0.39 is 0 Å². The number of hydrogen-bond donors (Lipinski definition) is 1. The summed E-state index contributed by atoms with van der Waals surface area (Å²) in [5, 5.41) is 0. The Morgan fingerprint density at radius 2 is 2.21 bits per heavy atom. The molecule has 0 spiro atoms. The van der Waals surface area contributed by atoms with Crippen molar-refractivity contribution < 1.29 is 9.47 Å². The van der Waals surface area contributed by atoms with Gasteiger partial charge in [0.05, 0.1) is 11.7 Å². The van der Waals surface area contributed by atoms with E-state index in [1.165, 1.54) is 12.8 Å². The van der Waals surface area contributed by atoms with Gasteiger partial charge in [0.15, 0.2) is 0 Å². The van der Waals surface area contributed by atoms with Crippen LogP contribution in [-0.4, -0.2) is 55.0 Å². The van der Waals surface area contributed by atoms with Crippen LogP contribution in [0.25, 0.3) is 0 Å². The maximum Gasteiger partial charge on any atom is 0.0702 e. The fourth-order valence-corrected chi connectivity index (χ4v) is 3.76. The molecule has 4 heteroatoms. The van der Waals surface area contributed by atoms with Crippen LogP contribution in [0.5, 0.6) is 0 Å². The fourth-order valence-electron chi connectivity index (χ4n) is 3.76. The first-order chi connectivity index (χ1) is 9.01. The molecule has 0 aromatic heterocycles. The number of piperidine rings is 1. The topological polar surface area (TPSA) is 47.7 Å². The van der Waals surface area contributed by atoms with Gasteiger partial charge in [0, 0.05) is 31.8 Å². The summed E-state index contributed by atoms with van der Waals surface area (Å²) >= 11 is 0. The molecule has 0 aromatic rings. The van der Waals surface area contributed by atoms with Crippen LogP contribution in [0.2, 0.25) is 0 Å². The van der Waals surface area contributed by atoms with Gasteiger partial charge in [-0.1, -0.05) is 0 Å². The molecular formula is C15H30N2O2. The van der Waals surface area contributed by atoms with Crippen molar-refractivity contribution in [1.29, 1.82) is 0 Å². The minimum Gasteiger partial charge on any atom is -0.377 e. The number of likely N-dealkylation sites (tertiary alicyclic amines) is 1. The fraction of sp³-hybridized carbons (Fsp3) is 1.00. The molecular weight excluding hydrogens is 240 g/mol. The Morgan fingerprint density at radius 1 is 1.42 bits per heavy atom. The van der Waals surface area contributed by atoms with Crippen LogP contribution in [0.15, 0.2) is 0 Å². The molecule has 2 aliphatic rings. The highest BCUT2D eigenvalue weighted by Crippen LogP contribution is 2.37. The largest absolute Gasteiger partial charge is 0.377 e. The molecule has 2 atom stereocenters. The zero-order chi connectivity index (χ0) is 13.9. The van der Waals surface area contributed by atoms with E-state index in [0.29, 0.717) is 6.10 Å². The quantitative estimate of drug-likeness (QED) is 0.846. The van der Waals surface area contributed by atoms with Crippen LogP contribution < -0.4 is 5.73 Å². The Hall–Kier alpha value is -0.160. The highest BCUT2D eigenvalue weighted by atomic mass is 16.5. The maximum absolute atomic E-state index is 6.17. The lowest BCUT2D eigenvalue weighted by atomic mass is 9.79. The number of nitrogens with two attached hydrogens (primary N) is 1. The van der Waals surface area contributed by atoms with Crippen LogP contribution in [0.3, 0.4) is 0 Å². The molecule has 2 aliphatic heterocycles. The third-order valence-electron chi connectivity index (χ3n) is 4.65. The van der Waals surface area contributed by atoms with Gasteiger partial charge in [0.25, 0.3) is 0 Å². The third-order valence-corrected chi connectivity index (χ3v) is 4.65. The van der Waals surface area contributed by atoms with Crippen LogP contribution >= 0.6 is 0 Å². The van der Waals surface area contributed by atoms with Crippen molar-refractivity contribution in [3.05, 3.63) is 0 Å². The van der Waals surface area contributed by atoms with E-state index in [2.05, 4.69) is 25.7 Å². The Bertz CT molecular complexity index is 294. The van der Waals surface area contributed by atoms with E-state index >= 15 is 0 Å². The molecule has 2 N–H and O–H groups in total. The average molecular weight is 270 g/mol. The summed E-state index contributed by atoms with van der Waals surface area (Å²) in [6.45, 7) is 11.0. The summed E-state index contributed by atoms with van der Waals surface area (Å²) in [5.41, 5.74) is 6.22. The molecule has 2 heterocycles.